The third kappa shape index (κ3) is 3.84. The molecule has 0 saturated carbocycles. The van der Waals surface area contributed by atoms with Gasteiger partial charge in [-0.2, -0.15) is 0 Å². The van der Waals surface area contributed by atoms with Crippen molar-refractivity contribution in [1.82, 2.24) is 0 Å². The van der Waals surface area contributed by atoms with E-state index in [2.05, 4.69) is 67.6 Å². The van der Waals surface area contributed by atoms with E-state index in [1.54, 1.807) is 0 Å². The minimum absolute atomic E-state index is 0.838. The first-order chi connectivity index (χ1) is 13.9. The van der Waals surface area contributed by atoms with E-state index in [0.717, 1.165) is 46.6 Å². The third-order valence-corrected chi connectivity index (χ3v) is 4.77. The van der Waals surface area contributed by atoms with Gasteiger partial charge in [0, 0.05) is 11.1 Å². The predicted octanol–water partition coefficient (Wildman–Crippen LogP) is 7.57. The maximum Gasteiger partial charge on any atom is 0.143 e. The molecule has 4 rings (SSSR count). The third-order valence-electron chi connectivity index (χ3n) is 4.77. The normalized spacial score (nSPS) is 10.6. The minimum atomic E-state index is 0.838. The van der Waals surface area contributed by atoms with Gasteiger partial charge in [-0.05, 0) is 47.4 Å². The smallest absolute Gasteiger partial charge is 0.143 e. The Morgan fingerprint density at radius 1 is 0.714 bits per heavy atom. The summed E-state index contributed by atoms with van der Waals surface area (Å²) in [5.41, 5.74) is 5.67. The van der Waals surface area contributed by atoms with E-state index >= 15 is 0 Å². The Bertz CT molecular complexity index is 1020. The topological polar surface area (TPSA) is 9.23 Å². The molecule has 0 aliphatic rings. The first kappa shape index (κ1) is 18.1. The lowest BCUT2D eigenvalue weighted by molar-refractivity contribution is 0.485. The molecule has 1 heteroatoms. The van der Waals surface area contributed by atoms with Gasteiger partial charge in [0.2, 0.25) is 0 Å². The van der Waals surface area contributed by atoms with Crippen molar-refractivity contribution in [2.45, 2.75) is 19.8 Å². The van der Waals surface area contributed by atoms with Crippen LogP contribution < -0.4 is 4.74 Å². The average molecular weight is 363 g/mol. The monoisotopic (exact) mass is 363 g/mol. The van der Waals surface area contributed by atoms with E-state index in [1.807, 2.05) is 42.5 Å². The van der Waals surface area contributed by atoms with Gasteiger partial charge in [-0.25, -0.2) is 0 Å². The van der Waals surface area contributed by atoms with Crippen LogP contribution in [0.25, 0.3) is 22.3 Å². The average Bonchev–Trinajstić information content (AvgIpc) is 2.76. The molecule has 4 aromatic rings. The van der Waals surface area contributed by atoms with Gasteiger partial charge in [-0.1, -0.05) is 92.2 Å². The van der Waals surface area contributed by atoms with Crippen LogP contribution >= 0.6 is 0 Å². The fourth-order valence-electron chi connectivity index (χ4n) is 3.47. The second-order valence-corrected chi connectivity index (χ2v) is 6.78. The maximum atomic E-state index is 6.52. The molecule has 0 bridgehead atoms. The van der Waals surface area contributed by atoms with E-state index in [1.165, 1.54) is 5.56 Å². The van der Waals surface area contributed by atoms with Crippen LogP contribution in [0.3, 0.4) is 0 Å². The molecule has 28 heavy (non-hydrogen) atoms. The van der Waals surface area contributed by atoms with Crippen molar-refractivity contribution in [3.05, 3.63) is 109 Å². The zero-order chi connectivity index (χ0) is 19.2. The molecule has 0 amide bonds. The summed E-state index contributed by atoms with van der Waals surface area (Å²) in [6, 6.07) is 36.5. The number of benzene rings is 4. The molecule has 1 nitrogen and oxygen atoms in total. The van der Waals surface area contributed by atoms with E-state index in [0.29, 0.717) is 0 Å². The predicted molar refractivity (Wildman–Crippen MR) is 117 cm³/mol. The van der Waals surface area contributed by atoms with Crippen LogP contribution in [-0.4, -0.2) is 0 Å². The molecule has 137 valence electrons. The van der Waals surface area contributed by atoms with E-state index in [-0.39, 0.29) is 0 Å². The molecule has 4 aromatic carbocycles. The van der Waals surface area contributed by atoms with Gasteiger partial charge in [-0.3, -0.25) is 0 Å². The second kappa shape index (κ2) is 8.58. The minimum Gasteiger partial charge on any atom is -0.456 e. The molecule has 0 unspecified atom stereocenters. The number of aryl methyl sites for hydroxylation is 1. The molecule has 0 aromatic heterocycles. The summed E-state index contributed by atoms with van der Waals surface area (Å²) >= 11 is 0. The van der Waals surface area contributed by atoms with Gasteiger partial charge in [-0.15, -0.1) is 0 Å². The Kier molecular flexibility index (Phi) is 5.53. The van der Waals surface area contributed by atoms with Crippen LogP contribution in [0.1, 0.15) is 18.9 Å². The molecule has 0 aliphatic carbocycles. The highest BCUT2D eigenvalue weighted by Crippen LogP contribution is 2.43. The lowest BCUT2D eigenvalue weighted by Gasteiger charge is -2.19. The summed E-state index contributed by atoms with van der Waals surface area (Å²) in [7, 11) is 0. The number of hydrogen-bond acceptors (Lipinski definition) is 1. The van der Waals surface area contributed by atoms with Gasteiger partial charge >= 0.3 is 0 Å². The molecule has 0 aliphatic heterocycles. The Labute approximate surface area is 167 Å². The van der Waals surface area contributed by atoms with Gasteiger partial charge in [0.05, 0.1) is 0 Å². The van der Waals surface area contributed by atoms with Gasteiger partial charge in [0.15, 0.2) is 0 Å². The molecule has 0 fully saturated rings. The maximum absolute atomic E-state index is 6.52. The van der Waals surface area contributed by atoms with Gasteiger partial charge in [0.1, 0.15) is 11.5 Å². The molecule has 0 N–H and O–H groups in total. The van der Waals surface area contributed by atoms with Crippen LogP contribution in [0.2, 0.25) is 0 Å². The lowest BCUT2D eigenvalue weighted by Crippen LogP contribution is -1.98. The van der Waals surface area contributed by atoms with Crippen LogP contribution in [0.15, 0.2) is 97.1 Å². The lowest BCUT2D eigenvalue weighted by atomic mass is 9.91. The fraction of sp³-hybridized carbons (Fsp3) is 0.111. The summed E-state index contributed by atoms with van der Waals surface area (Å²) in [5.74, 6) is 1.73. The number of hydrogen-bond donors (Lipinski definition) is 0. The highest BCUT2D eigenvalue weighted by molar-refractivity contribution is 5.85. The molecular formula is C27H23O. The summed E-state index contributed by atoms with van der Waals surface area (Å²) in [6.45, 7) is 2.20. The van der Waals surface area contributed by atoms with Crippen molar-refractivity contribution < 1.29 is 4.74 Å². The molecule has 0 heterocycles. The zero-order valence-corrected chi connectivity index (χ0v) is 16.1. The van der Waals surface area contributed by atoms with Gasteiger partial charge in [0.25, 0.3) is 0 Å². The SMILES string of the molecule is CCCc1[c]cc(-c2ccccc2)c(Oc2ccccc2)c1-c1ccccc1. The molecule has 0 saturated heterocycles. The molecule has 1 radical (unpaired) electrons. The van der Waals surface area contributed by atoms with Crippen molar-refractivity contribution in [1.29, 1.82) is 0 Å². The van der Waals surface area contributed by atoms with Crippen molar-refractivity contribution in [3.63, 3.8) is 0 Å². The number of para-hydroxylation sites is 1. The summed E-state index contributed by atoms with van der Waals surface area (Å²) in [5, 5.41) is 0. The van der Waals surface area contributed by atoms with Crippen molar-refractivity contribution in [2.75, 3.05) is 0 Å². The Morgan fingerprint density at radius 3 is 1.89 bits per heavy atom. The summed E-state index contributed by atoms with van der Waals surface area (Å²) in [6.07, 6.45) is 2.02. The molecular weight excluding hydrogens is 340 g/mol. The standard InChI is InChI=1S/C27H23O/c1-2-12-22-19-20-25(21-13-6-3-7-14-21)27(28-24-17-10-5-11-18-24)26(22)23-15-8-4-9-16-23/h3-11,13-18,20H,2,12H2,1H3. The molecule has 0 spiro atoms. The Morgan fingerprint density at radius 2 is 1.29 bits per heavy atom. The highest BCUT2D eigenvalue weighted by Gasteiger charge is 2.18. The van der Waals surface area contributed by atoms with E-state index < -0.39 is 0 Å². The first-order valence-electron chi connectivity index (χ1n) is 9.78. The fourth-order valence-corrected chi connectivity index (χ4v) is 3.47. The number of rotatable bonds is 6. The van der Waals surface area contributed by atoms with Crippen LogP contribution in [0.5, 0.6) is 11.5 Å². The largest absolute Gasteiger partial charge is 0.456 e. The Balaban J connectivity index is 1.97. The van der Waals surface area contributed by atoms with Crippen molar-refractivity contribution in [3.8, 4) is 33.8 Å². The van der Waals surface area contributed by atoms with E-state index in [4.69, 9.17) is 4.74 Å². The van der Waals surface area contributed by atoms with Crippen LogP contribution in [0.4, 0.5) is 0 Å². The number of ether oxygens (including phenoxy) is 1. The van der Waals surface area contributed by atoms with Gasteiger partial charge < -0.3 is 4.74 Å². The first-order valence-corrected chi connectivity index (χ1v) is 9.78. The van der Waals surface area contributed by atoms with Crippen LogP contribution in [0, 0.1) is 6.07 Å². The van der Waals surface area contributed by atoms with Crippen molar-refractivity contribution in [2.24, 2.45) is 0 Å². The van der Waals surface area contributed by atoms with Crippen LogP contribution in [-0.2, 0) is 6.42 Å². The van der Waals surface area contributed by atoms with E-state index in [9.17, 15) is 0 Å². The highest BCUT2D eigenvalue weighted by atomic mass is 16.5. The van der Waals surface area contributed by atoms with Crippen molar-refractivity contribution >= 4 is 0 Å². The summed E-state index contributed by atoms with van der Waals surface area (Å²) in [4.78, 5) is 0. The summed E-state index contributed by atoms with van der Waals surface area (Å²) < 4.78 is 6.52. The second-order valence-electron chi connectivity index (χ2n) is 6.78. The quantitative estimate of drug-likeness (QED) is 0.343. The molecule has 0 atom stereocenters. The Hall–Kier alpha value is -3.32. The zero-order valence-electron chi connectivity index (χ0n) is 16.1.